The van der Waals surface area contributed by atoms with Gasteiger partial charge in [0.1, 0.15) is 5.82 Å². The summed E-state index contributed by atoms with van der Waals surface area (Å²) in [5, 5.41) is 0. The first kappa shape index (κ1) is 16.6. The average Bonchev–Trinajstić information content (AvgIpc) is 2.26. The molecule has 0 spiro atoms. The number of carbonyl (C=O) groups is 1. The van der Waals surface area contributed by atoms with Gasteiger partial charge in [-0.15, -0.1) is 0 Å². The van der Waals surface area contributed by atoms with E-state index in [2.05, 4.69) is 0 Å². The fraction of sp³-hybridized carbons (Fsp3) is 0.562. The molecule has 0 aromatic heterocycles. The summed E-state index contributed by atoms with van der Waals surface area (Å²) in [6, 6.07) is 2.62. The minimum Gasteiger partial charge on any atom is -0.466 e. The van der Waals surface area contributed by atoms with Gasteiger partial charge in [-0.1, -0.05) is 0 Å². The minimum atomic E-state index is -0.664. The van der Waals surface area contributed by atoms with Gasteiger partial charge in [-0.05, 0) is 69.9 Å². The van der Waals surface area contributed by atoms with Crippen molar-refractivity contribution in [3.63, 3.8) is 0 Å². The Balaban J connectivity index is 2.97. The summed E-state index contributed by atoms with van der Waals surface area (Å²) in [5.74, 6) is -0.520. The van der Waals surface area contributed by atoms with E-state index in [-0.39, 0.29) is 17.8 Å². The summed E-state index contributed by atoms with van der Waals surface area (Å²) in [6.45, 7) is 9.44. The van der Waals surface area contributed by atoms with Gasteiger partial charge in [-0.25, -0.2) is 4.39 Å². The van der Waals surface area contributed by atoms with Gasteiger partial charge in [0.25, 0.3) is 0 Å². The molecule has 1 rings (SSSR count). The van der Waals surface area contributed by atoms with Crippen LogP contribution in [0.3, 0.4) is 0 Å². The summed E-state index contributed by atoms with van der Waals surface area (Å²) >= 11 is 0. The molecule has 0 saturated carbocycles. The lowest BCUT2D eigenvalue weighted by atomic mass is 9.82. The predicted molar refractivity (Wildman–Crippen MR) is 77.8 cm³/mol. The molecule has 0 aliphatic heterocycles. The fourth-order valence-corrected chi connectivity index (χ4v) is 2.57. The third kappa shape index (κ3) is 3.79. The van der Waals surface area contributed by atoms with Crippen molar-refractivity contribution in [3.8, 4) is 0 Å². The van der Waals surface area contributed by atoms with Crippen molar-refractivity contribution in [2.24, 2.45) is 11.1 Å². The Labute approximate surface area is 120 Å². The number of carbonyl (C=O) groups excluding carboxylic acids is 1. The Hall–Kier alpha value is -1.42. The molecule has 2 N–H and O–H groups in total. The van der Waals surface area contributed by atoms with Gasteiger partial charge in [0.15, 0.2) is 0 Å². The summed E-state index contributed by atoms with van der Waals surface area (Å²) in [5.41, 5.74) is 8.11. The third-order valence-electron chi connectivity index (χ3n) is 3.49. The summed E-state index contributed by atoms with van der Waals surface area (Å²) in [6.07, 6.45) is 0.457. The molecule has 1 unspecified atom stereocenters. The van der Waals surface area contributed by atoms with Crippen molar-refractivity contribution in [2.45, 2.75) is 47.1 Å². The second-order valence-electron chi connectivity index (χ2n) is 5.87. The van der Waals surface area contributed by atoms with E-state index < -0.39 is 5.41 Å². The normalized spacial score (nSPS) is 13.2. The Morgan fingerprint density at radius 2 is 1.85 bits per heavy atom. The maximum atomic E-state index is 13.3. The number of rotatable bonds is 5. The van der Waals surface area contributed by atoms with E-state index in [1.807, 2.05) is 27.7 Å². The zero-order chi connectivity index (χ0) is 15.5. The van der Waals surface area contributed by atoms with Crippen LogP contribution in [-0.2, 0) is 9.53 Å². The van der Waals surface area contributed by atoms with Crippen molar-refractivity contribution in [2.75, 3.05) is 6.61 Å². The number of aryl methyl sites for hydroxylation is 2. The zero-order valence-electron chi connectivity index (χ0n) is 12.9. The van der Waals surface area contributed by atoms with E-state index >= 15 is 0 Å². The molecule has 0 amide bonds. The molecule has 0 aliphatic carbocycles. The third-order valence-corrected chi connectivity index (χ3v) is 3.49. The quantitative estimate of drug-likeness (QED) is 0.841. The molecule has 0 fully saturated rings. The topological polar surface area (TPSA) is 52.3 Å². The minimum absolute atomic E-state index is 0.257. The van der Waals surface area contributed by atoms with Crippen LogP contribution in [0.4, 0.5) is 4.39 Å². The van der Waals surface area contributed by atoms with Crippen LogP contribution in [0.1, 0.15) is 49.9 Å². The molecule has 0 aliphatic rings. The second-order valence-corrected chi connectivity index (χ2v) is 5.87. The Morgan fingerprint density at radius 1 is 1.35 bits per heavy atom. The highest BCUT2D eigenvalue weighted by molar-refractivity contribution is 5.76. The maximum Gasteiger partial charge on any atom is 0.311 e. The van der Waals surface area contributed by atoms with E-state index in [0.29, 0.717) is 13.0 Å². The zero-order valence-corrected chi connectivity index (χ0v) is 12.9. The smallest absolute Gasteiger partial charge is 0.311 e. The summed E-state index contributed by atoms with van der Waals surface area (Å²) in [7, 11) is 0. The number of nitrogens with two attached hydrogens (primary N) is 1. The lowest BCUT2D eigenvalue weighted by Crippen LogP contribution is -2.31. The Morgan fingerprint density at radius 3 is 2.30 bits per heavy atom. The van der Waals surface area contributed by atoms with Crippen LogP contribution in [0.2, 0.25) is 0 Å². The van der Waals surface area contributed by atoms with Gasteiger partial charge in [-0.3, -0.25) is 4.79 Å². The molecular formula is C16H24FNO2. The number of halogens is 1. The molecule has 1 aromatic carbocycles. The van der Waals surface area contributed by atoms with Crippen LogP contribution in [0.5, 0.6) is 0 Å². The van der Waals surface area contributed by atoms with Crippen LogP contribution in [-0.4, -0.2) is 12.6 Å². The molecule has 0 saturated heterocycles. The van der Waals surface area contributed by atoms with Gasteiger partial charge in [0.2, 0.25) is 0 Å². The van der Waals surface area contributed by atoms with Crippen molar-refractivity contribution < 1.29 is 13.9 Å². The monoisotopic (exact) mass is 281 g/mol. The van der Waals surface area contributed by atoms with Gasteiger partial charge in [0.05, 0.1) is 12.0 Å². The van der Waals surface area contributed by atoms with E-state index in [9.17, 15) is 9.18 Å². The average molecular weight is 281 g/mol. The molecule has 1 aromatic rings. The molecule has 112 valence electrons. The molecule has 20 heavy (non-hydrogen) atoms. The molecule has 3 nitrogen and oxygen atoms in total. The van der Waals surface area contributed by atoms with Crippen LogP contribution in [0.15, 0.2) is 12.1 Å². The van der Waals surface area contributed by atoms with E-state index in [1.165, 1.54) is 12.1 Å². The molecule has 0 bridgehead atoms. The fourth-order valence-electron chi connectivity index (χ4n) is 2.57. The lowest BCUT2D eigenvalue weighted by molar-refractivity contribution is -0.154. The van der Waals surface area contributed by atoms with Crippen molar-refractivity contribution in [1.82, 2.24) is 0 Å². The van der Waals surface area contributed by atoms with E-state index in [4.69, 9.17) is 10.5 Å². The molecular weight excluding hydrogens is 257 g/mol. The number of esters is 1. The number of hydrogen-bond donors (Lipinski definition) is 1. The van der Waals surface area contributed by atoms with Crippen molar-refractivity contribution in [1.29, 1.82) is 0 Å². The molecule has 0 heterocycles. The van der Waals surface area contributed by atoms with Gasteiger partial charge < -0.3 is 10.5 Å². The van der Waals surface area contributed by atoms with Gasteiger partial charge >= 0.3 is 5.97 Å². The first-order chi connectivity index (χ1) is 9.19. The number of benzene rings is 1. The van der Waals surface area contributed by atoms with Gasteiger partial charge in [-0.2, -0.15) is 0 Å². The standard InChI is InChI=1S/C16H24FNO2/c1-6-20-15(19)16(4,5)9-13(18)14-10(2)7-12(17)8-11(14)3/h7-8,13H,6,9,18H2,1-5H3. The largest absolute Gasteiger partial charge is 0.466 e. The lowest BCUT2D eigenvalue weighted by Gasteiger charge is -2.27. The van der Waals surface area contributed by atoms with Crippen molar-refractivity contribution in [3.05, 3.63) is 34.6 Å². The van der Waals surface area contributed by atoms with Crippen LogP contribution < -0.4 is 5.73 Å². The molecule has 4 heteroatoms. The number of hydrogen-bond acceptors (Lipinski definition) is 3. The Bertz CT molecular complexity index is 474. The molecule has 0 radical (unpaired) electrons. The molecule has 1 atom stereocenters. The highest BCUT2D eigenvalue weighted by Crippen LogP contribution is 2.32. The van der Waals surface area contributed by atoms with Crippen LogP contribution in [0, 0.1) is 25.1 Å². The second kappa shape index (κ2) is 6.35. The summed E-state index contributed by atoms with van der Waals surface area (Å²) in [4.78, 5) is 11.9. The predicted octanol–water partition coefficient (Wildman–Crippen LogP) is 3.42. The Kier molecular flexibility index (Phi) is 5.28. The highest BCUT2D eigenvalue weighted by Gasteiger charge is 2.32. The van der Waals surface area contributed by atoms with E-state index in [1.54, 1.807) is 6.92 Å². The first-order valence-electron chi connectivity index (χ1n) is 6.88. The number of ether oxygens (including phenoxy) is 1. The highest BCUT2D eigenvalue weighted by atomic mass is 19.1. The SMILES string of the molecule is CCOC(=O)C(C)(C)CC(N)c1c(C)cc(F)cc1C. The first-order valence-corrected chi connectivity index (χ1v) is 6.88. The van der Waals surface area contributed by atoms with Gasteiger partial charge in [0, 0.05) is 6.04 Å². The van der Waals surface area contributed by atoms with Crippen molar-refractivity contribution >= 4 is 5.97 Å². The van der Waals surface area contributed by atoms with E-state index in [0.717, 1.165) is 16.7 Å². The van der Waals surface area contributed by atoms with Crippen LogP contribution in [0.25, 0.3) is 0 Å². The summed E-state index contributed by atoms with van der Waals surface area (Å²) < 4.78 is 18.4. The maximum absolute atomic E-state index is 13.3. The van der Waals surface area contributed by atoms with Crippen LogP contribution >= 0.6 is 0 Å².